The van der Waals surface area contributed by atoms with Crippen LogP contribution in [0.2, 0.25) is 0 Å². The second-order valence-electron chi connectivity index (χ2n) is 14.1. The second kappa shape index (κ2) is 8.66. The van der Waals surface area contributed by atoms with Gasteiger partial charge in [-0.25, -0.2) is 0 Å². The Bertz CT molecular complexity index is 1280. The Hall–Kier alpha value is -2.18. The van der Waals surface area contributed by atoms with Crippen LogP contribution in [-0.4, -0.2) is 65.3 Å². The summed E-state index contributed by atoms with van der Waals surface area (Å²) < 4.78 is 6.63. The molecule has 2 bridgehead atoms. The van der Waals surface area contributed by atoms with Gasteiger partial charge in [0, 0.05) is 36.2 Å². The van der Waals surface area contributed by atoms with E-state index in [1.165, 1.54) is 101 Å². The molecule has 1 spiro atoms. The van der Waals surface area contributed by atoms with Crippen LogP contribution in [0.15, 0.2) is 18.2 Å². The van der Waals surface area contributed by atoms with Crippen molar-refractivity contribution in [1.29, 1.82) is 0 Å². The van der Waals surface area contributed by atoms with E-state index in [0.29, 0.717) is 18.1 Å². The van der Waals surface area contributed by atoms with Gasteiger partial charge in [0.05, 0.1) is 11.2 Å². The van der Waals surface area contributed by atoms with Crippen molar-refractivity contribution in [3.05, 3.63) is 46.1 Å². The second-order valence-corrected chi connectivity index (χ2v) is 14.1. The summed E-state index contributed by atoms with van der Waals surface area (Å²) >= 11 is 0. The summed E-state index contributed by atoms with van der Waals surface area (Å²) in [6, 6.07) is 9.07. The number of hydrogen-bond donors (Lipinski definition) is 1. The number of rotatable bonds is 5. The maximum Gasteiger partial charge on any atom is 0.318 e. The van der Waals surface area contributed by atoms with Crippen LogP contribution in [0.5, 0.6) is 6.01 Å². The van der Waals surface area contributed by atoms with Gasteiger partial charge in [-0.3, -0.25) is 4.90 Å². The predicted molar refractivity (Wildman–Crippen MR) is 153 cm³/mol. The van der Waals surface area contributed by atoms with Gasteiger partial charge in [-0.1, -0.05) is 18.2 Å². The fourth-order valence-electron chi connectivity index (χ4n) is 9.73. The minimum absolute atomic E-state index is 0.221. The third-order valence-electron chi connectivity index (χ3n) is 11.9. The first kappa shape index (κ1) is 23.5. The SMILES string of the molecule is c1cc(C2CC2)c2c(c1)C1(CC2)CCc2c(nc(OCC34CCCN3CCC4)nc2N2C[C@H]3CC[C@@H](C2)N3)C1. The molecule has 1 N–H and O–H groups in total. The number of aromatic nitrogens is 2. The van der Waals surface area contributed by atoms with Gasteiger partial charge < -0.3 is 15.0 Å². The van der Waals surface area contributed by atoms with E-state index in [2.05, 4.69) is 33.3 Å². The van der Waals surface area contributed by atoms with Crippen LogP contribution in [0, 0.1) is 0 Å². The Labute approximate surface area is 232 Å². The Kier molecular flexibility index (Phi) is 5.22. The predicted octanol–water partition coefficient (Wildman–Crippen LogP) is 4.67. The minimum atomic E-state index is 0.221. The molecule has 2 aromatic rings. The number of nitrogens with one attached hydrogen (secondary N) is 1. The Morgan fingerprint density at radius 1 is 0.897 bits per heavy atom. The van der Waals surface area contributed by atoms with Crippen LogP contribution in [0.4, 0.5) is 5.82 Å². The van der Waals surface area contributed by atoms with Crippen molar-refractivity contribution in [1.82, 2.24) is 20.2 Å². The minimum Gasteiger partial charge on any atom is -0.461 e. The lowest BCUT2D eigenvalue weighted by Gasteiger charge is -2.39. The first-order valence-electron chi connectivity index (χ1n) is 16.1. The summed E-state index contributed by atoms with van der Waals surface area (Å²) in [5.74, 6) is 2.02. The zero-order valence-corrected chi connectivity index (χ0v) is 23.4. The van der Waals surface area contributed by atoms with Gasteiger partial charge in [-0.05, 0) is 119 Å². The van der Waals surface area contributed by atoms with Gasteiger partial charge in [0.15, 0.2) is 0 Å². The number of piperazine rings is 1. The molecule has 5 heterocycles. The van der Waals surface area contributed by atoms with Crippen LogP contribution in [0.3, 0.4) is 0 Å². The fourth-order valence-corrected chi connectivity index (χ4v) is 9.73. The molecule has 3 aliphatic carbocycles. The average molecular weight is 526 g/mol. The highest BCUT2D eigenvalue weighted by atomic mass is 16.5. The Morgan fingerprint density at radius 3 is 2.44 bits per heavy atom. The van der Waals surface area contributed by atoms with E-state index < -0.39 is 0 Å². The number of benzene rings is 1. The molecule has 0 radical (unpaired) electrons. The molecular weight excluding hydrogens is 482 g/mol. The fraction of sp³-hybridized carbons (Fsp3) is 0.697. The van der Waals surface area contributed by atoms with E-state index in [9.17, 15) is 0 Å². The monoisotopic (exact) mass is 525 g/mol. The average Bonchev–Trinajstić information content (AvgIpc) is 3.28. The molecule has 4 aliphatic heterocycles. The van der Waals surface area contributed by atoms with E-state index in [4.69, 9.17) is 14.7 Å². The zero-order valence-electron chi connectivity index (χ0n) is 23.4. The number of anilines is 1. The first-order chi connectivity index (χ1) is 19.2. The van der Waals surface area contributed by atoms with E-state index in [1.54, 1.807) is 16.7 Å². The number of fused-ring (bicyclic) bond motifs is 6. The van der Waals surface area contributed by atoms with Crippen molar-refractivity contribution in [2.24, 2.45) is 0 Å². The first-order valence-corrected chi connectivity index (χ1v) is 16.1. The number of hydrogen-bond acceptors (Lipinski definition) is 6. The van der Waals surface area contributed by atoms with Crippen molar-refractivity contribution < 1.29 is 4.74 Å². The third-order valence-corrected chi connectivity index (χ3v) is 11.9. The molecule has 39 heavy (non-hydrogen) atoms. The number of ether oxygens (including phenoxy) is 1. The normalized spacial score (nSPS) is 32.5. The van der Waals surface area contributed by atoms with Crippen molar-refractivity contribution in [3.63, 3.8) is 0 Å². The smallest absolute Gasteiger partial charge is 0.318 e. The maximum absolute atomic E-state index is 6.63. The van der Waals surface area contributed by atoms with Crippen molar-refractivity contribution in [2.75, 3.05) is 37.7 Å². The van der Waals surface area contributed by atoms with Crippen LogP contribution in [-0.2, 0) is 24.7 Å². The summed E-state index contributed by atoms with van der Waals surface area (Å²) in [7, 11) is 0. The van der Waals surface area contributed by atoms with Gasteiger partial charge in [0.2, 0.25) is 0 Å². The summed E-state index contributed by atoms with van der Waals surface area (Å²) in [5.41, 5.74) is 8.16. The lowest BCUT2D eigenvalue weighted by Crippen LogP contribution is -2.52. The summed E-state index contributed by atoms with van der Waals surface area (Å²) in [5, 5.41) is 3.82. The number of nitrogens with zero attached hydrogens (tertiary/aromatic N) is 4. The maximum atomic E-state index is 6.63. The molecule has 6 nitrogen and oxygen atoms in total. The molecular formula is C33H43N5O. The van der Waals surface area contributed by atoms with Crippen molar-refractivity contribution in [2.45, 2.75) is 112 Å². The lowest BCUT2D eigenvalue weighted by molar-refractivity contribution is 0.107. The molecule has 0 amide bonds. The molecule has 1 unspecified atom stereocenters. The van der Waals surface area contributed by atoms with E-state index in [1.807, 2.05) is 0 Å². The van der Waals surface area contributed by atoms with Gasteiger partial charge in [0.25, 0.3) is 0 Å². The summed E-state index contributed by atoms with van der Waals surface area (Å²) in [6.45, 7) is 5.34. The van der Waals surface area contributed by atoms with E-state index in [-0.39, 0.29) is 11.0 Å². The molecule has 4 saturated heterocycles. The summed E-state index contributed by atoms with van der Waals surface area (Å²) in [4.78, 5) is 15.8. The van der Waals surface area contributed by atoms with Gasteiger partial charge in [0.1, 0.15) is 12.4 Å². The molecule has 7 aliphatic rings. The quantitative estimate of drug-likeness (QED) is 0.612. The Balaban J connectivity index is 1.07. The van der Waals surface area contributed by atoms with Gasteiger partial charge in [-0.15, -0.1) is 0 Å². The largest absolute Gasteiger partial charge is 0.461 e. The molecule has 5 fully saturated rings. The topological polar surface area (TPSA) is 53.5 Å². The molecule has 1 aromatic carbocycles. The zero-order chi connectivity index (χ0) is 25.6. The highest BCUT2D eigenvalue weighted by molar-refractivity contribution is 5.55. The van der Waals surface area contributed by atoms with Crippen LogP contribution in [0.1, 0.15) is 98.1 Å². The van der Waals surface area contributed by atoms with Crippen LogP contribution >= 0.6 is 0 Å². The van der Waals surface area contributed by atoms with Gasteiger partial charge in [-0.2, -0.15) is 9.97 Å². The van der Waals surface area contributed by atoms with E-state index >= 15 is 0 Å². The molecule has 9 rings (SSSR count). The van der Waals surface area contributed by atoms with Crippen molar-refractivity contribution in [3.8, 4) is 6.01 Å². The molecule has 206 valence electrons. The molecule has 1 saturated carbocycles. The Morgan fingerprint density at radius 2 is 1.67 bits per heavy atom. The highest BCUT2D eigenvalue weighted by Crippen LogP contribution is 2.53. The van der Waals surface area contributed by atoms with E-state index in [0.717, 1.165) is 38.5 Å². The van der Waals surface area contributed by atoms with Gasteiger partial charge >= 0.3 is 6.01 Å². The molecule has 1 aromatic heterocycles. The van der Waals surface area contributed by atoms with Crippen molar-refractivity contribution >= 4 is 5.82 Å². The lowest BCUT2D eigenvalue weighted by atomic mass is 9.69. The molecule has 3 atom stereocenters. The van der Waals surface area contributed by atoms with Crippen LogP contribution < -0.4 is 15.0 Å². The third kappa shape index (κ3) is 3.73. The van der Waals surface area contributed by atoms with Crippen LogP contribution in [0.25, 0.3) is 0 Å². The summed E-state index contributed by atoms with van der Waals surface area (Å²) in [6.07, 6.45) is 16.4. The standard InChI is InChI=1S/C33H43N5O/c1-4-25(22-6-7-22)26-10-14-32(28(26)5-1)15-11-27-29(18-32)35-31(39-21-33-12-2-16-38(33)17-3-13-33)36-30(27)37-19-23-8-9-24(20-37)34-23/h1,4-5,22-24,34H,2-3,6-21H2/t23-,24+,32?. The highest BCUT2D eigenvalue weighted by Gasteiger charge is 2.47. The molecule has 6 heteroatoms.